The molecule has 90 valence electrons. The summed E-state index contributed by atoms with van der Waals surface area (Å²) in [5.74, 6) is 0.796. The Morgan fingerprint density at radius 1 is 1.41 bits per heavy atom. The second-order valence-corrected chi connectivity index (χ2v) is 5.35. The van der Waals surface area contributed by atoms with E-state index in [1.807, 2.05) is 30.6 Å². The van der Waals surface area contributed by atoms with Gasteiger partial charge < -0.3 is 10.1 Å². The standard InChI is InChI=1S/C12H13BrN2OS/c1-14-6-9-2-3-10(7-15-9)16-8-12-11(13)4-5-17-12/h2-5,7,14H,6,8H2,1H3. The van der Waals surface area contributed by atoms with Crippen LogP contribution in [0, 0.1) is 0 Å². The third-order valence-electron chi connectivity index (χ3n) is 2.22. The number of nitrogens with zero attached hydrogens (tertiary/aromatic N) is 1. The zero-order chi connectivity index (χ0) is 12.1. The predicted octanol–water partition coefficient (Wildman–Crippen LogP) is 3.20. The van der Waals surface area contributed by atoms with Gasteiger partial charge in [-0.25, -0.2) is 0 Å². The first-order valence-corrected chi connectivity index (χ1v) is 6.91. The van der Waals surface area contributed by atoms with E-state index in [4.69, 9.17) is 4.74 Å². The van der Waals surface area contributed by atoms with Crippen LogP contribution in [0.1, 0.15) is 10.6 Å². The summed E-state index contributed by atoms with van der Waals surface area (Å²) in [7, 11) is 1.90. The first kappa shape index (κ1) is 12.5. The molecule has 0 aliphatic rings. The zero-order valence-electron chi connectivity index (χ0n) is 9.44. The molecule has 0 unspecified atom stereocenters. The third kappa shape index (κ3) is 3.52. The molecule has 2 aromatic rings. The van der Waals surface area contributed by atoms with Crippen LogP contribution in [0.4, 0.5) is 0 Å². The molecule has 0 aromatic carbocycles. The highest BCUT2D eigenvalue weighted by molar-refractivity contribution is 9.10. The van der Waals surface area contributed by atoms with E-state index < -0.39 is 0 Å². The maximum Gasteiger partial charge on any atom is 0.138 e. The molecular formula is C12H13BrN2OS. The molecule has 2 rings (SSSR count). The van der Waals surface area contributed by atoms with Gasteiger partial charge in [-0.3, -0.25) is 4.98 Å². The quantitative estimate of drug-likeness (QED) is 0.920. The molecule has 0 amide bonds. The maximum atomic E-state index is 5.66. The molecule has 2 heterocycles. The lowest BCUT2D eigenvalue weighted by atomic mass is 10.3. The van der Waals surface area contributed by atoms with Crippen LogP contribution in [0.25, 0.3) is 0 Å². The predicted molar refractivity (Wildman–Crippen MR) is 73.4 cm³/mol. The van der Waals surface area contributed by atoms with Gasteiger partial charge in [-0.2, -0.15) is 0 Å². The number of hydrogen-bond acceptors (Lipinski definition) is 4. The Hall–Kier alpha value is -0.910. The molecule has 0 radical (unpaired) electrons. The van der Waals surface area contributed by atoms with Gasteiger partial charge in [-0.1, -0.05) is 0 Å². The molecule has 17 heavy (non-hydrogen) atoms. The van der Waals surface area contributed by atoms with Gasteiger partial charge in [0.2, 0.25) is 0 Å². The van der Waals surface area contributed by atoms with Crippen LogP contribution in [0.3, 0.4) is 0 Å². The Bertz CT molecular complexity index is 470. The smallest absolute Gasteiger partial charge is 0.138 e. The van der Waals surface area contributed by atoms with Crippen molar-refractivity contribution in [2.75, 3.05) is 7.05 Å². The van der Waals surface area contributed by atoms with Gasteiger partial charge in [-0.15, -0.1) is 11.3 Å². The normalized spacial score (nSPS) is 10.5. The minimum Gasteiger partial charge on any atom is -0.486 e. The molecule has 0 aliphatic heterocycles. The Labute approximate surface area is 113 Å². The van der Waals surface area contributed by atoms with E-state index in [-0.39, 0.29) is 0 Å². The van der Waals surface area contributed by atoms with E-state index >= 15 is 0 Å². The summed E-state index contributed by atoms with van der Waals surface area (Å²) in [6.07, 6.45) is 1.76. The summed E-state index contributed by atoms with van der Waals surface area (Å²) in [5.41, 5.74) is 1.01. The Kier molecular flexibility index (Phi) is 4.53. The van der Waals surface area contributed by atoms with Crippen LogP contribution in [-0.2, 0) is 13.2 Å². The van der Waals surface area contributed by atoms with Gasteiger partial charge in [0.25, 0.3) is 0 Å². The van der Waals surface area contributed by atoms with Gasteiger partial charge in [0.1, 0.15) is 12.4 Å². The minimum atomic E-state index is 0.575. The van der Waals surface area contributed by atoms with Crippen molar-refractivity contribution in [3.63, 3.8) is 0 Å². The molecule has 0 fully saturated rings. The van der Waals surface area contributed by atoms with Gasteiger partial charge in [0.05, 0.1) is 16.8 Å². The van der Waals surface area contributed by atoms with E-state index in [0.717, 1.165) is 22.5 Å². The lowest BCUT2D eigenvalue weighted by Crippen LogP contribution is -2.06. The van der Waals surface area contributed by atoms with Crippen molar-refractivity contribution < 1.29 is 4.74 Å². The molecule has 2 aromatic heterocycles. The second kappa shape index (κ2) is 6.14. The number of ether oxygens (including phenoxy) is 1. The fourth-order valence-corrected chi connectivity index (χ4v) is 2.74. The summed E-state index contributed by atoms with van der Waals surface area (Å²) in [4.78, 5) is 5.48. The minimum absolute atomic E-state index is 0.575. The average molecular weight is 313 g/mol. The number of hydrogen-bond donors (Lipinski definition) is 1. The third-order valence-corrected chi connectivity index (χ3v) is 4.12. The molecule has 0 spiro atoms. The molecule has 3 nitrogen and oxygen atoms in total. The van der Waals surface area contributed by atoms with E-state index in [0.29, 0.717) is 6.61 Å². The molecule has 0 bridgehead atoms. The lowest BCUT2D eigenvalue weighted by molar-refractivity contribution is 0.307. The highest BCUT2D eigenvalue weighted by atomic mass is 79.9. The first-order valence-electron chi connectivity index (χ1n) is 5.24. The van der Waals surface area contributed by atoms with Crippen LogP contribution in [0.2, 0.25) is 0 Å². The van der Waals surface area contributed by atoms with Crippen LogP contribution >= 0.6 is 27.3 Å². The SMILES string of the molecule is CNCc1ccc(OCc2sccc2Br)cn1. The van der Waals surface area contributed by atoms with E-state index in [1.165, 1.54) is 4.88 Å². The first-order chi connectivity index (χ1) is 8.29. The lowest BCUT2D eigenvalue weighted by Gasteiger charge is -2.05. The summed E-state index contributed by atoms with van der Waals surface area (Å²) in [6, 6.07) is 5.94. The van der Waals surface area contributed by atoms with E-state index in [2.05, 4.69) is 26.2 Å². The molecule has 0 saturated heterocycles. The average Bonchev–Trinajstić information content (AvgIpc) is 2.75. The van der Waals surface area contributed by atoms with Gasteiger partial charge in [0, 0.05) is 11.0 Å². The number of pyridine rings is 1. The highest BCUT2D eigenvalue weighted by Crippen LogP contribution is 2.24. The van der Waals surface area contributed by atoms with Gasteiger partial charge >= 0.3 is 0 Å². The number of aromatic nitrogens is 1. The topological polar surface area (TPSA) is 34.1 Å². The Morgan fingerprint density at radius 2 is 2.29 bits per heavy atom. The molecule has 0 saturated carbocycles. The fraction of sp³-hybridized carbons (Fsp3) is 0.250. The van der Waals surface area contributed by atoms with Crippen molar-refractivity contribution in [1.29, 1.82) is 0 Å². The monoisotopic (exact) mass is 312 g/mol. The maximum absolute atomic E-state index is 5.66. The van der Waals surface area contributed by atoms with Crippen LogP contribution in [-0.4, -0.2) is 12.0 Å². The van der Waals surface area contributed by atoms with Gasteiger partial charge in [0.15, 0.2) is 0 Å². The number of rotatable bonds is 5. The summed E-state index contributed by atoms with van der Waals surface area (Å²) >= 11 is 5.16. The molecule has 0 atom stereocenters. The number of halogens is 1. The molecular weight excluding hydrogens is 300 g/mol. The Balaban J connectivity index is 1.93. The second-order valence-electron chi connectivity index (χ2n) is 3.50. The largest absolute Gasteiger partial charge is 0.486 e. The molecule has 1 N–H and O–H groups in total. The molecule has 0 aliphatic carbocycles. The van der Waals surface area contributed by atoms with Crippen molar-refractivity contribution in [3.8, 4) is 5.75 Å². The molecule has 5 heteroatoms. The van der Waals surface area contributed by atoms with Crippen molar-refractivity contribution in [2.45, 2.75) is 13.2 Å². The van der Waals surface area contributed by atoms with E-state index in [1.54, 1.807) is 17.5 Å². The Morgan fingerprint density at radius 3 is 2.88 bits per heavy atom. The summed E-state index contributed by atoms with van der Waals surface area (Å²) < 4.78 is 6.76. The summed E-state index contributed by atoms with van der Waals surface area (Å²) in [6.45, 7) is 1.35. The fourth-order valence-electron chi connectivity index (χ4n) is 1.36. The van der Waals surface area contributed by atoms with Crippen molar-refractivity contribution in [3.05, 3.63) is 44.8 Å². The van der Waals surface area contributed by atoms with Crippen LogP contribution in [0.15, 0.2) is 34.2 Å². The van der Waals surface area contributed by atoms with Crippen molar-refractivity contribution >= 4 is 27.3 Å². The summed E-state index contributed by atoms with van der Waals surface area (Å²) in [5, 5.41) is 5.10. The highest BCUT2D eigenvalue weighted by Gasteiger charge is 2.02. The zero-order valence-corrected chi connectivity index (χ0v) is 11.8. The number of nitrogens with one attached hydrogen (secondary N) is 1. The van der Waals surface area contributed by atoms with Crippen LogP contribution in [0.5, 0.6) is 5.75 Å². The van der Waals surface area contributed by atoms with Crippen molar-refractivity contribution in [2.24, 2.45) is 0 Å². The van der Waals surface area contributed by atoms with Crippen molar-refractivity contribution in [1.82, 2.24) is 10.3 Å². The van der Waals surface area contributed by atoms with Crippen LogP contribution < -0.4 is 10.1 Å². The van der Waals surface area contributed by atoms with Gasteiger partial charge in [-0.05, 0) is 46.6 Å². The number of thiophene rings is 1. The van der Waals surface area contributed by atoms with E-state index in [9.17, 15) is 0 Å².